The van der Waals surface area contributed by atoms with Gasteiger partial charge in [-0.3, -0.25) is 4.72 Å². The Balaban J connectivity index is 1.71. The van der Waals surface area contributed by atoms with E-state index >= 15 is 0 Å². The number of thiophene rings is 1. The first-order valence-corrected chi connectivity index (χ1v) is 11.4. The minimum atomic E-state index is -3.73. The van der Waals surface area contributed by atoms with Crippen molar-refractivity contribution in [2.24, 2.45) is 0 Å². The van der Waals surface area contributed by atoms with Crippen LogP contribution in [-0.2, 0) is 16.4 Å². The third-order valence-corrected chi connectivity index (χ3v) is 7.58. The van der Waals surface area contributed by atoms with E-state index < -0.39 is 10.0 Å². The van der Waals surface area contributed by atoms with Gasteiger partial charge in [0.2, 0.25) is 5.88 Å². The van der Waals surface area contributed by atoms with Gasteiger partial charge < -0.3 is 9.47 Å². The van der Waals surface area contributed by atoms with Crippen LogP contribution in [0.1, 0.15) is 11.8 Å². The normalized spacial score (nSPS) is 11.6. The molecule has 0 saturated carbocycles. The Bertz CT molecular complexity index is 1310. The number of sulfonamides is 1. The lowest BCUT2D eigenvalue weighted by Gasteiger charge is -2.12. The Morgan fingerprint density at radius 1 is 1.10 bits per heavy atom. The van der Waals surface area contributed by atoms with Gasteiger partial charge in [-0.1, -0.05) is 6.92 Å². The molecule has 0 fully saturated rings. The zero-order chi connectivity index (χ0) is 21.3. The number of nitrogens with zero attached hydrogens (tertiary/aromatic N) is 3. The smallest absolute Gasteiger partial charge is 0.271 e. The molecule has 0 saturated heterocycles. The molecule has 156 valence electrons. The van der Waals surface area contributed by atoms with Gasteiger partial charge in [-0.2, -0.15) is 0 Å². The molecule has 10 heteroatoms. The topological polar surface area (TPSA) is 94.8 Å². The Kier molecular flexibility index (Phi) is 5.35. The molecular formula is C20H20N4O4S2. The maximum Gasteiger partial charge on any atom is 0.271 e. The number of imidazole rings is 1. The number of hydrogen-bond donors (Lipinski definition) is 1. The van der Waals surface area contributed by atoms with Crippen molar-refractivity contribution in [3.63, 3.8) is 0 Å². The van der Waals surface area contributed by atoms with Crippen molar-refractivity contribution in [3.8, 4) is 22.9 Å². The van der Waals surface area contributed by atoms with E-state index in [0.717, 1.165) is 16.9 Å². The van der Waals surface area contributed by atoms with Crippen molar-refractivity contribution >= 4 is 32.7 Å². The molecule has 4 rings (SSSR count). The molecule has 0 amide bonds. The van der Waals surface area contributed by atoms with Crippen molar-refractivity contribution in [1.29, 1.82) is 0 Å². The van der Waals surface area contributed by atoms with Crippen LogP contribution in [0.2, 0.25) is 0 Å². The number of aromatic nitrogens is 3. The van der Waals surface area contributed by atoms with Gasteiger partial charge in [-0.25, -0.2) is 17.9 Å². The van der Waals surface area contributed by atoms with Crippen LogP contribution < -0.4 is 14.2 Å². The van der Waals surface area contributed by atoms with E-state index in [-0.39, 0.29) is 4.21 Å². The van der Waals surface area contributed by atoms with Crippen LogP contribution in [0, 0.1) is 0 Å². The number of benzene rings is 1. The van der Waals surface area contributed by atoms with Crippen molar-refractivity contribution in [2.75, 3.05) is 18.9 Å². The molecule has 0 unspecified atom stereocenters. The van der Waals surface area contributed by atoms with Gasteiger partial charge in [-0.15, -0.1) is 16.4 Å². The maximum absolute atomic E-state index is 12.9. The zero-order valence-corrected chi connectivity index (χ0v) is 18.3. The molecule has 0 aliphatic heterocycles. The van der Waals surface area contributed by atoms with Crippen LogP contribution in [0.25, 0.3) is 16.9 Å². The number of nitrogens with one attached hydrogen (secondary N) is 1. The molecule has 0 radical (unpaired) electrons. The van der Waals surface area contributed by atoms with Gasteiger partial charge in [0.25, 0.3) is 10.0 Å². The number of hydrogen-bond acceptors (Lipinski definition) is 7. The van der Waals surface area contributed by atoms with Crippen LogP contribution in [0.4, 0.5) is 5.69 Å². The number of fused-ring (bicyclic) bond motifs is 1. The fraction of sp³-hybridized carbons (Fsp3) is 0.200. The summed E-state index contributed by atoms with van der Waals surface area (Å²) in [5.74, 6) is 0.884. The lowest BCUT2D eigenvalue weighted by atomic mass is 10.1. The Hall–Kier alpha value is -3.11. The summed E-state index contributed by atoms with van der Waals surface area (Å²) in [6.45, 7) is 1.99. The van der Waals surface area contributed by atoms with E-state index in [1.807, 2.05) is 19.1 Å². The van der Waals surface area contributed by atoms with Gasteiger partial charge in [0.05, 0.1) is 31.8 Å². The molecule has 3 aromatic heterocycles. The van der Waals surface area contributed by atoms with Crippen LogP contribution in [0.3, 0.4) is 0 Å². The van der Waals surface area contributed by atoms with Crippen LogP contribution in [-0.4, -0.2) is 37.2 Å². The largest absolute Gasteiger partial charge is 0.495 e. The highest BCUT2D eigenvalue weighted by Gasteiger charge is 2.20. The van der Waals surface area contributed by atoms with Crippen molar-refractivity contribution in [1.82, 2.24) is 14.6 Å². The van der Waals surface area contributed by atoms with E-state index in [0.29, 0.717) is 28.7 Å². The maximum atomic E-state index is 12.9. The van der Waals surface area contributed by atoms with Gasteiger partial charge in [-0.05, 0) is 42.8 Å². The van der Waals surface area contributed by atoms with Crippen LogP contribution in [0.5, 0.6) is 11.6 Å². The summed E-state index contributed by atoms with van der Waals surface area (Å²) in [6.07, 6.45) is 2.54. The molecular weight excluding hydrogens is 424 g/mol. The van der Waals surface area contributed by atoms with Gasteiger partial charge in [0, 0.05) is 16.5 Å². The summed E-state index contributed by atoms with van der Waals surface area (Å²) in [7, 11) is -0.693. The summed E-state index contributed by atoms with van der Waals surface area (Å²) in [5, 5.41) is 4.30. The molecule has 0 aliphatic rings. The van der Waals surface area contributed by atoms with Crippen molar-refractivity contribution < 1.29 is 17.9 Å². The first-order chi connectivity index (χ1) is 14.4. The third-order valence-electron chi connectivity index (χ3n) is 4.49. The fourth-order valence-corrected chi connectivity index (χ4v) is 5.30. The lowest BCUT2D eigenvalue weighted by Crippen LogP contribution is -2.12. The first kappa shape index (κ1) is 20.2. The standard InChI is InChI=1S/C20H20N4O4S2/c1-4-14-6-10-20(29-14)30(25,26)23-15-11-13(5-7-17(15)27-2)16-12-24-18(21-16)8-9-19(22-24)28-3/h5-12,23H,4H2,1-3H3. The molecule has 0 atom stereocenters. The van der Waals surface area contributed by atoms with E-state index in [1.54, 1.807) is 48.2 Å². The second kappa shape index (κ2) is 7.96. The highest BCUT2D eigenvalue weighted by molar-refractivity contribution is 7.94. The average Bonchev–Trinajstić information content (AvgIpc) is 3.40. The third kappa shape index (κ3) is 3.83. The van der Waals surface area contributed by atoms with E-state index in [2.05, 4.69) is 14.8 Å². The SMILES string of the molecule is CCc1ccc(S(=O)(=O)Nc2cc(-c3cn4nc(OC)ccc4n3)ccc2OC)s1. The zero-order valence-electron chi connectivity index (χ0n) is 16.6. The molecule has 0 aliphatic carbocycles. The quantitative estimate of drug-likeness (QED) is 0.465. The average molecular weight is 445 g/mol. The predicted octanol–water partition coefficient (Wildman–Crippen LogP) is 3.84. The highest BCUT2D eigenvalue weighted by atomic mass is 32.2. The van der Waals surface area contributed by atoms with E-state index in [9.17, 15) is 8.42 Å². The lowest BCUT2D eigenvalue weighted by molar-refractivity contribution is 0.390. The molecule has 3 heterocycles. The van der Waals surface area contributed by atoms with E-state index in [1.165, 1.54) is 18.4 Å². The minimum absolute atomic E-state index is 0.260. The minimum Gasteiger partial charge on any atom is -0.495 e. The predicted molar refractivity (Wildman–Crippen MR) is 116 cm³/mol. The number of ether oxygens (including phenoxy) is 2. The summed E-state index contributed by atoms with van der Waals surface area (Å²) in [4.78, 5) is 5.56. The van der Waals surface area contributed by atoms with Crippen LogP contribution in [0.15, 0.2) is 52.9 Å². The van der Waals surface area contributed by atoms with E-state index in [4.69, 9.17) is 9.47 Å². The Labute approximate surface area is 178 Å². The fourth-order valence-electron chi connectivity index (χ4n) is 2.95. The number of aryl methyl sites for hydroxylation is 1. The number of methoxy groups -OCH3 is 2. The molecule has 1 N–H and O–H groups in total. The van der Waals surface area contributed by atoms with Crippen LogP contribution >= 0.6 is 11.3 Å². The summed E-state index contributed by atoms with van der Waals surface area (Å²) >= 11 is 1.25. The molecule has 0 spiro atoms. The molecule has 1 aromatic carbocycles. The Morgan fingerprint density at radius 3 is 2.63 bits per heavy atom. The van der Waals surface area contributed by atoms with Gasteiger partial charge >= 0.3 is 0 Å². The number of anilines is 1. The second-order valence-electron chi connectivity index (χ2n) is 6.40. The summed E-state index contributed by atoms with van der Waals surface area (Å²) < 4.78 is 40.7. The van der Waals surface area contributed by atoms with Crippen molar-refractivity contribution in [3.05, 3.63) is 53.5 Å². The van der Waals surface area contributed by atoms with Crippen molar-refractivity contribution in [2.45, 2.75) is 17.6 Å². The molecule has 0 bridgehead atoms. The Morgan fingerprint density at radius 2 is 1.93 bits per heavy atom. The summed E-state index contributed by atoms with van der Waals surface area (Å²) in [6, 6.07) is 12.2. The second-order valence-corrected chi connectivity index (χ2v) is 9.48. The molecule has 30 heavy (non-hydrogen) atoms. The molecule has 4 aromatic rings. The summed E-state index contributed by atoms with van der Waals surface area (Å²) in [5.41, 5.74) is 2.35. The number of rotatable bonds is 7. The monoisotopic (exact) mass is 444 g/mol. The first-order valence-electron chi connectivity index (χ1n) is 9.14. The molecule has 8 nitrogen and oxygen atoms in total. The van der Waals surface area contributed by atoms with Gasteiger partial charge in [0.1, 0.15) is 9.96 Å². The van der Waals surface area contributed by atoms with Gasteiger partial charge in [0.15, 0.2) is 5.65 Å². The highest BCUT2D eigenvalue weighted by Crippen LogP contribution is 2.33.